The number of nitrogens with one attached hydrogen (secondary N) is 1. The third kappa shape index (κ3) is 3.35. The van der Waals surface area contributed by atoms with E-state index < -0.39 is 0 Å². The third-order valence-corrected chi connectivity index (χ3v) is 4.17. The van der Waals surface area contributed by atoms with Crippen LogP contribution in [0.3, 0.4) is 0 Å². The van der Waals surface area contributed by atoms with Crippen molar-refractivity contribution in [3.63, 3.8) is 0 Å². The second-order valence-corrected chi connectivity index (χ2v) is 5.84. The van der Waals surface area contributed by atoms with Gasteiger partial charge in [-0.25, -0.2) is 4.98 Å². The summed E-state index contributed by atoms with van der Waals surface area (Å²) < 4.78 is 5.75. The van der Waals surface area contributed by atoms with Gasteiger partial charge in [-0.05, 0) is 37.9 Å². The molecule has 1 saturated carbocycles. The van der Waals surface area contributed by atoms with Gasteiger partial charge in [0.25, 0.3) is 0 Å². The molecule has 0 amide bonds. The van der Waals surface area contributed by atoms with Crippen LogP contribution in [0.25, 0.3) is 11.3 Å². The van der Waals surface area contributed by atoms with Gasteiger partial charge >= 0.3 is 0 Å². The number of aryl methyl sites for hydroxylation is 1. The fourth-order valence-corrected chi connectivity index (χ4v) is 2.47. The molecule has 1 N–H and O–H groups in total. The van der Waals surface area contributed by atoms with E-state index in [0.717, 1.165) is 36.9 Å². The Morgan fingerprint density at radius 2 is 2.15 bits per heavy atom. The molecule has 0 unspecified atom stereocenters. The first-order valence-corrected chi connectivity index (χ1v) is 7.62. The maximum atomic E-state index is 6.18. The quantitative estimate of drug-likeness (QED) is 0.807. The Kier molecular flexibility index (Phi) is 4.29. The monoisotopic (exact) mass is 310 g/mol. The molecule has 3 nitrogen and oxygen atoms in total. The van der Waals surface area contributed by atoms with E-state index in [1.807, 2.05) is 12.1 Å². The van der Waals surface area contributed by atoms with Gasteiger partial charge in [-0.2, -0.15) is 0 Å². The molecule has 1 fully saturated rings. The van der Waals surface area contributed by atoms with Gasteiger partial charge in [0.15, 0.2) is 11.7 Å². The first kappa shape index (κ1) is 13.9. The lowest BCUT2D eigenvalue weighted by atomic mass is 10.2. The van der Waals surface area contributed by atoms with E-state index in [4.69, 9.17) is 27.6 Å². The highest BCUT2D eigenvalue weighted by Gasteiger charge is 2.19. The number of rotatable bonds is 6. The van der Waals surface area contributed by atoms with Gasteiger partial charge in [0.05, 0.1) is 16.2 Å². The molecule has 5 heteroatoms. The van der Waals surface area contributed by atoms with E-state index in [1.165, 1.54) is 12.8 Å². The lowest BCUT2D eigenvalue weighted by Crippen LogP contribution is -2.17. The van der Waals surface area contributed by atoms with E-state index in [9.17, 15) is 0 Å². The number of hydrogen-bond donors (Lipinski definition) is 1. The average Bonchev–Trinajstić information content (AvgIpc) is 3.15. The average molecular weight is 311 g/mol. The molecule has 2 aromatic rings. The molecule has 1 heterocycles. The molecular formula is C15H16Cl2N2O. The van der Waals surface area contributed by atoms with Crippen LogP contribution in [0, 0.1) is 0 Å². The zero-order valence-electron chi connectivity index (χ0n) is 11.0. The van der Waals surface area contributed by atoms with Crippen LogP contribution in [-0.4, -0.2) is 17.6 Å². The Morgan fingerprint density at radius 1 is 1.30 bits per heavy atom. The summed E-state index contributed by atoms with van der Waals surface area (Å²) >= 11 is 12.2. The van der Waals surface area contributed by atoms with Crippen molar-refractivity contribution < 1.29 is 4.42 Å². The minimum atomic E-state index is 0.507. The molecule has 1 aliphatic rings. The maximum Gasteiger partial charge on any atom is 0.194 e. The zero-order chi connectivity index (χ0) is 13.9. The topological polar surface area (TPSA) is 38.1 Å². The van der Waals surface area contributed by atoms with Crippen LogP contribution in [-0.2, 0) is 6.42 Å². The van der Waals surface area contributed by atoms with Crippen LogP contribution in [0.4, 0.5) is 0 Å². The Labute approximate surface area is 128 Å². The van der Waals surface area contributed by atoms with Crippen molar-refractivity contribution in [1.29, 1.82) is 0 Å². The van der Waals surface area contributed by atoms with Crippen LogP contribution in [0.15, 0.2) is 28.8 Å². The lowest BCUT2D eigenvalue weighted by molar-refractivity contribution is 0.491. The number of halogens is 2. The SMILES string of the molecule is Clc1cccc(-c2cnc(CCCNC3CC3)o2)c1Cl. The van der Waals surface area contributed by atoms with Crippen LogP contribution in [0.2, 0.25) is 10.0 Å². The molecule has 0 radical (unpaired) electrons. The second kappa shape index (κ2) is 6.17. The van der Waals surface area contributed by atoms with E-state index in [2.05, 4.69) is 10.3 Å². The van der Waals surface area contributed by atoms with Crippen LogP contribution in [0.5, 0.6) is 0 Å². The van der Waals surface area contributed by atoms with Gasteiger partial charge in [-0.3, -0.25) is 0 Å². The van der Waals surface area contributed by atoms with Gasteiger partial charge < -0.3 is 9.73 Å². The van der Waals surface area contributed by atoms with E-state index in [1.54, 1.807) is 12.3 Å². The summed E-state index contributed by atoms with van der Waals surface area (Å²) in [5.74, 6) is 1.41. The van der Waals surface area contributed by atoms with E-state index in [-0.39, 0.29) is 0 Å². The molecule has 0 spiro atoms. The molecular weight excluding hydrogens is 295 g/mol. The van der Waals surface area contributed by atoms with Crippen LogP contribution >= 0.6 is 23.2 Å². The van der Waals surface area contributed by atoms with Gasteiger partial charge in [0, 0.05) is 18.0 Å². The van der Waals surface area contributed by atoms with Crippen LogP contribution < -0.4 is 5.32 Å². The Morgan fingerprint density at radius 3 is 2.95 bits per heavy atom. The fraction of sp³-hybridized carbons (Fsp3) is 0.400. The number of benzene rings is 1. The summed E-state index contributed by atoms with van der Waals surface area (Å²) in [5, 5.41) is 4.50. The first-order valence-electron chi connectivity index (χ1n) is 6.86. The first-order chi connectivity index (χ1) is 9.74. The van der Waals surface area contributed by atoms with Crippen molar-refractivity contribution in [1.82, 2.24) is 10.3 Å². The maximum absolute atomic E-state index is 6.18. The minimum absolute atomic E-state index is 0.507. The zero-order valence-corrected chi connectivity index (χ0v) is 12.5. The summed E-state index contributed by atoms with van der Waals surface area (Å²) in [6, 6.07) is 6.24. The van der Waals surface area contributed by atoms with Crippen molar-refractivity contribution in [2.24, 2.45) is 0 Å². The van der Waals surface area contributed by atoms with Crippen molar-refractivity contribution in [3.8, 4) is 11.3 Å². The van der Waals surface area contributed by atoms with Crippen molar-refractivity contribution in [2.75, 3.05) is 6.54 Å². The number of aromatic nitrogens is 1. The largest absolute Gasteiger partial charge is 0.441 e. The standard InChI is InChI=1S/C15H16Cl2N2O/c16-12-4-1-3-11(15(12)17)13-9-19-14(20-13)5-2-8-18-10-6-7-10/h1,3-4,9-10,18H,2,5-8H2. The van der Waals surface area contributed by atoms with Gasteiger partial charge in [-0.1, -0.05) is 29.3 Å². The summed E-state index contributed by atoms with van der Waals surface area (Å²) in [6.07, 6.45) is 6.20. The smallest absolute Gasteiger partial charge is 0.194 e. The van der Waals surface area contributed by atoms with Crippen molar-refractivity contribution in [3.05, 3.63) is 40.3 Å². The number of hydrogen-bond acceptors (Lipinski definition) is 3. The highest BCUT2D eigenvalue weighted by Crippen LogP contribution is 2.33. The number of oxazole rings is 1. The summed E-state index contributed by atoms with van der Waals surface area (Å²) in [5.41, 5.74) is 0.786. The molecule has 3 rings (SSSR count). The third-order valence-electron chi connectivity index (χ3n) is 3.35. The van der Waals surface area contributed by atoms with Crippen molar-refractivity contribution in [2.45, 2.75) is 31.7 Å². The number of nitrogens with zero attached hydrogens (tertiary/aromatic N) is 1. The van der Waals surface area contributed by atoms with Gasteiger partial charge in [0.1, 0.15) is 0 Å². The molecule has 1 aromatic carbocycles. The summed E-state index contributed by atoms with van der Waals surface area (Å²) in [7, 11) is 0. The second-order valence-electron chi connectivity index (χ2n) is 5.05. The molecule has 1 aliphatic carbocycles. The van der Waals surface area contributed by atoms with E-state index >= 15 is 0 Å². The molecule has 0 aliphatic heterocycles. The van der Waals surface area contributed by atoms with Crippen molar-refractivity contribution >= 4 is 23.2 Å². The molecule has 0 bridgehead atoms. The highest BCUT2D eigenvalue weighted by molar-refractivity contribution is 6.43. The molecule has 20 heavy (non-hydrogen) atoms. The summed E-state index contributed by atoms with van der Waals surface area (Å²) in [4.78, 5) is 4.30. The molecule has 0 atom stereocenters. The molecule has 106 valence electrons. The van der Waals surface area contributed by atoms with Crippen LogP contribution in [0.1, 0.15) is 25.2 Å². The fourth-order valence-electron chi connectivity index (χ4n) is 2.08. The predicted octanol–water partition coefficient (Wildman–Crippen LogP) is 4.33. The van der Waals surface area contributed by atoms with E-state index in [0.29, 0.717) is 15.8 Å². The Hall–Kier alpha value is -1.03. The Bertz CT molecular complexity index is 593. The molecule has 0 saturated heterocycles. The normalized spacial score (nSPS) is 14.7. The Balaban J connectivity index is 1.62. The predicted molar refractivity (Wildman–Crippen MR) is 81.3 cm³/mol. The van der Waals surface area contributed by atoms with Gasteiger partial charge in [-0.15, -0.1) is 0 Å². The lowest BCUT2D eigenvalue weighted by Gasteiger charge is -2.02. The highest BCUT2D eigenvalue weighted by atomic mass is 35.5. The minimum Gasteiger partial charge on any atom is -0.441 e. The van der Waals surface area contributed by atoms with Gasteiger partial charge in [0.2, 0.25) is 0 Å². The summed E-state index contributed by atoms with van der Waals surface area (Å²) in [6.45, 7) is 1.01. The molecule has 1 aromatic heterocycles.